The number of amides is 2. The number of likely N-dealkylation sites (tertiary alicyclic amines) is 1. The molecule has 2 unspecified atom stereocenters. The third-order valence-electron chi connectivity index (χ3n) is 6.66. The average Bonchev–Trinajstić information content (AvgIpc) is 2.75. The summed E-state index contributed by atoms with van der Waals surface area (Å²) in [6.45, 7) is 0.980. The minimum absolute atomic E-state index is 0.00644. The highest BCUT2D eigenvalue weighted by Crippen LogP contribution is 2.49. The first-order valence-electron chi connectivity index (χ1n) is 11.0. The normalized spacial score (nSPS) is 22.8. The van der Waals surface area contributed by atoms with Gasteiger partial charge in [0.1, 0.15) is 17.3 Å². The van der Waals surface area contributed by atoms with Crippen LogP contribution in [0.4, 0.5) is 4.39 Å². The van der Waals surface area contributed by atoms with E-state index in [1.165, 1.54) is 12.1 Å². The molecule has 1 aliphatic carbocycles. The largest absolute Gasteiger partial charge is 0.484 e. The summed E-state index contributed by atoms with van der Waals surface area (Å²) in [5.41, 5.74) is 0.603. The van der Waals surface area contributed by atoms with Gasteiger partial charge in [0.05, 0.1) is 11.1 Å². The highest BCUT2D eigenvalue weighted by Gasteiger charge is 2.55. The summed E-state index contributed by atoms with van der Waals surface area (Å²) in [7, 11) is 0. The SMILES string of the molecule is O=C(COc1ccc(Cl)c(F)c1)NC1CC2(C1)CN(C(=O)C1CC(O)c3cc(Cl)ccc3O1)C2. The van der Waals surface area contributed by atoms with E-state index in [0.29, 0.717) is 29.4 Å². The number of aliphatic hydroxyl groups excluding tert-OH is 1. The van der Waals surface area contributed by atoms with Crippen molar-refractivity contribution in [3.63, 3.8) is 0 Å². The number of nitrogens with one attached hydrogen (secondary N) is 1. The zero-order valence-electron chi connectivity index (χ0n) is 18.1. The number of aliphatic hydroxyl groups is 1. The van der Waals surface area contributed by atoms with Crippen molar-refractivity contribution >= 4 is 35.0 Å². The number of benzene rings is 2. The van der Waals surface area contributed by atoms with Gasteiger partial charge in [-0.15, -0.1) is 0 Å². The van der Waals surface area contributed by atoms with Crippen LogP contribution < -0.4 is 14.8 Å². The number of nitrogens with zero attached hydrogens (tertiary/aromatic N) is 1. The zero-order chi connectivity index (χ0) is 24.0. The van der Waals surface area contributed by atoms with Gasteiger partial charge in [0, 0.05) is 47.6 Å². The lowest BCUT2D eigenvalue weighted by Crippen LogP contribution is -2.69. The fourth-order valence-corrected chi connectivity index (χ4v) is 5.32. The van der Waals surface area contributed by atoms with Gasteiger partial charge >= 0.3 is 0 Å². The van der Waals surface area contributed by atoms with E-state index in [-0.39, 0.29) is 47.1 Å². The molecule has 1 spiro atoms. The van der Waals surface area contributed by atoms with Crippen molar-refractivity contribution in [2.24, 2.45) is 5.41 Å². The van der Waals surface area contributed by atoms with E-state index >= 15 is 0 Å². The first kappa shape index (κ1) is 23.2. The molecule has 0 aromatic heterocycles. The lowest BCUT2D eigenvalue weighted by molar-refractivity contribution is -0.162. The Labute approximate surface area is 205 Å². The lowest BCUT2D eigenvalue weighted by Gasteiger charge is -2.59. The second-order valence-corrected chi connectivity index (χ2v) is 10.1. The van der Waals surface area contributed by atoms with E-state index in [4.69, 9.17) is 32.7 Å². The summed E-state index contributed by atoms with van der Waals surface area (Å²) in [5, 5.41) is 13.8. The summed E-state index contributed by atoms with van der Waals surface area (Å²) >= 11 is 11.6. The van der Waals surface area contributed by atoms with Gasteiger partial charge in [-0.2, -0.15) is 0 Å². The molecular formula is C24H23Cl2FN2O5. The second kappa shape index (κ2) is 8.91. The molecule has 3 aliphatic rings. The smallest absolute Gasteiger partial charge is 0.263 e. The van der Waals surface area contributed by atoms with Gasteiger partial charge in [-0.25, -0.2) is 4.39 Å². The Kier molecular flexibility index (Phi) is 6.08. The molecule has 2 aromatic rings. The molecule has 2 fully saturated rings. The maximum Gasteiger partial charge on any atom is 0.263 e. The highest BCUT2D eigenvalue weighted by molar-refractivity contribution is 6.31. The van der Waals surface area contributed by atoms with E-state index in [0.717, 1.165) is 18.9 Å². The molecule has 2 aromatic carbocycles. The molecule has 1 saturated carbocycles. The van der Waals surface area contributed by atoms with Crippen LogP contribution in [0.25, 0.3) is 0 Å². The van der Waals surface area contributed by atoms with Gasteiger partial charge in [-0.1, -0.05) is 23.2 Å². The molecule has 5 rings (SSSR count). The maximum atomic E-state index is 13.4. The molecule has 180 valence electrons. The second-order valence-electron chi connectivity index (χ2n) is 9.27. The quantitative estimate of drug-likeness (QED) is 0.645. The highest BCUT2D eigenvalue weighted by atomic mass is 35.5. The Morgan fingerprint density at radius 2 is 1.97 bits per heavy atom. The van der Waals surface area contributed by atoms with Crippen LogP contribution in [0.2, 0.25) is 10.0 Å². The molecule has 0 radical (unpaired) electrons. The van der Waals surface area contributed by atoms with Crippen molar-refractivity contribution in [2.45, 2.75) is 37.5 Å². The molecule has 1 saturated heterocycles. The summed E-state index contributed by atoms with van der Waals surface area (Å²) in [4.78, 5) is 26.8. The first-order chi connectivity index (χ1) is 16.2. The standard InChI is InChI=1S/C24H23Cl2FN2O5/c25-13-1-4-20-16(5-13)19(30)7-21(34-20)23(32)29-11-24(12-29)8-14(9-24)28-22(31)10-33-15-2-3-17(26)18(27)6-15/h1-6,14,19,21,30H,7-12H2,(H,28,31). The number of hydrogen-bond acceptors (Lipinski definition) is 5. The predicted octanol–water partition coefficient (Wildman–Crippen LogP) is 3.50. The Morgan fingerprint density at radius 3 is 2.71 bits per heavy atom. The summed E-state index contributed by atoms with van der Waals surface area (Å²) in [5.74, 6) is -0.318. The summed E-state index contributed by atoms with van der Waals surface area (Å²) in [6, 6.07) is 9.01. The fourth-order valence-electron chi connectivity index (χ4n) is 5.02. The van der Waals surface area contributed by atoms with Crippen molar-refractivity contribution in [1.29, 1.82) is 0 Å². The summed E-state index contributed by atoms with van der Waals surface area (Å²) < 4.78 is 24.6. The number of carbonyl (C=O) groups is 2. The van der Waals surface area contributed by atoms with Crippen LogP contribution in [0.3, 0.4) is 0 Å². The van der Waals surface area contributed by atoms with Crippen molar-refractivity contribution in [1.82, 2.24) is 10.2 Å². The molecule has 2 aliphatic heterocycles. The third-order valence-corrected chi connectivity index (χ3v) is 7.20. The Balaban J connectivity index is 1.06. The number of fused-ring (bicyclic) bond motifs is 1. The Morgan fingerprint density at radius 1 is 1.21 bits per heavy atom. The minimum atomic E-state index is -0.804. The topological polar surface area (TPSA) is 88.1 Å². The van der Waals surface area contributed by atoms with Crippen molar-refractivity contribution < 1.29 is 28.6 Å². The molecule has 2 N–H and O–H groups in total. The molecule has 0 bridgehead atoms. The number of rotatable bonds is 5. The van der Waals surface area contributed by atoms with Gasteiger partial charge in [-0.3, -0.25) is 9.59 Å². The molecule has 2 heterocycles. The fraction of sp³-hybridized carbons (Fsp3) is 0.417. The van der Waals surface area contributed by atoms with Gasteiger partial charge < -0.3 is 24.8 Å². The van der Waals surface area contributed by atoms with Crippen molar-refractivity contribution in [3.8, 4) is 11.5 Å². The zero-order valence-corrected chi connectivity index (χ0v) is 19.6. The van der Waals surface area contributed by atoms with Gasteiger partial charge in [-0.05, 0) is 43.2 Å². The molecule has 2 atom stereocenters. The van der Waals surface area contributed by atoms with Gasteiger partial charge in [0.15, 0.2) is 12.7 Å². The predicted molar refractivity (Wildman–Crippen MR) is 123 cm³/mol. The number of hydrogen-bond donors (Lipinski definition) is 2. The maximum absolute atomic E-state index is 13.4. The monoisotopic (exact) mass is 508 g/mol. The van der Waals surface area contributed by atoms with Crippen LogP contribution >= 0.6 is 23.2 Å². The lowest BCUT2D eigenvalue weighted by atomic mass is 9.60. The number of ether oxygens (including phenoxy) is 2. The molecular weight excluding hydrogens is 486 g/mol. The Bertz CT molecular complexity index is 1130. The van der Waals surface area contributed by atoms with Crippen molar-refractivity contribution in [2.75, 3.05) is 19.7 Å². The van der Waals surface area contributed by atoms with Crippen LogP contribution in [0.15, 0.2) is 36.4 Å². The van der Waals surface area contributed by atoms with Gasteiger partial charge in [0.25, 0.3) is 11.8 Å². The van der Waals surface area contributed by atoms with E-state index in [2.05, 4.69) is 5.32 Å². The minimum Gasteiger partial charge on any atom is -0.484 e. The van der Waals surface area contributed by atoms with E-state index < -0.39 is 18.0 Å². The Hall–Kier alpha value is -2.55. The van der Waals surface area contributed by atoms with Crippen LogP contribution in [0.5, 0.6) is 11.5 Å². The van der Waals surface area contributed by atoms with E-state index in [9.17, 15) is 19.1 Å². The van der Waals surface area contributed by atoms with E-state index in [1.807, 2.05) is 0 Å². The van der Waals surface area contributed by atoms with Crippen molar-refractivity contribution in [3.05, 3.63) is 57.8 Å². The van der Waals surface area contributed by atoms with Crippen LogP contribution in [0.1, 0.15) is 30.9 Å². The third kappa shape index (κ3) is 4.54. The van der Waals surface area contributed by atoms with Gasteiger partial charge in [0.2, 0.25) is 0 Å². The first-order valence-corrected chi connectivity index (χ1v) is 11.8. The van der Waals surface area contributed by atoms with Crippen LogP contribution in [0, 0.1) is 11.2 Å². The number of carbonyl (C=O) groups excluding carboxylic acids is 2. The molecule has 2 amide bonds. The van der Waals surface area contributed by atoms with Crippen LogP contribution in [-0.4, -0.2) is 53.7 Å². The average molecular weight is 509 g/mol. The van der Waals surface area contributed by atoms with Crippen LogP contribution in [-0.2, 0) is 9.59 Å². The molecule has 34 heavy (non-hydrogen) atoms. The summed E-state index contributed by atoms with van der Waals surface area (Å²) in [6.07, 6.45) is 0.195. The molecule has 10 heteroatoms. The molecule has 7 nitrogen and oxygen atoms in total. The van der Waals surface area contributed by atoms with E-state index in [1.54, 1.807) is 23.1 Å². The number of halogens is 3.